The first-order valence-electron chi connectivity index (χ1n) is 6.53. The first kappa shape index (κ1) is 17.3. The van der Waals surface area contributed by atoms with Crippen LogP contribution in [-0.2, 0) is 0 Å². The fourth-order valence-corrected chi connectivity index (χ4v) is 2.62. The summed E-state index contributed by atoms with van der Waals surface area (Å²) in [5.74, 6) is 1.04. The van der Waals surface area contributed by atoms with Crippen molar-refractivity contribution in [3.63, 3.8) is 0 Å². The summed E-state index contributed by atoms with van der Waals surface area (Å²) in [6, 6.07) is 5.42. The number of carbonyl (C=O) groups excluding carboxylic acids is 1. The summed E-state index contributed by atoms with van der Waals surface area (Å²) in [6.07, 6.45) is 2.35. The molecule has 1 unspecified atom stereocenters. The third-order valence-corrected chi connectivity index (χ3v) is 3.85. The Morgan fingerprint density at radius 2 is 2.35 bits per heavy atom. The van der Waals surface area contributed by atoms with Crippen LogP contribution in [0.2, 0.25) is 0 Å². The third kappa shape index (κ3) is 4.65. The van der Waals surface area contributed by atoms with Crippen molar-refractivity contribution in [1.82, 2.24) is 10.6 Å². The highest BCUT2D eigenvalue weighted by atomic mass is 79.9. The number of nitrogens with one attached hydrogen (secondary N) is 2. The van der Waals surface area contributed by atoms with Gasteiger partial charge in [-0.05, 0) is 50.0 Å². The van der Waals surface area contributed by atoms with Crippen LogP contribution in [0.1, 0.15) is 23.2 Å². The summed E-state index contributed by atoms with van der Waals surface area (Å²) in [4.78, 5) is 12.2. The first-order valence-corrected chi connectivity index (χ1v) is 7.32. The topological polar surface area (TPSA) is 50.4 Å². The quantitative estimate of drug-likeness (QED) is 0.864. The van der Waals surface area contributed by atoms with E-state index in [1.165, 1.54) is 12.8 Å². The van der Waals surface area contributed by atoms with Crippen molar-refractivity contribution in [2.45, 2.75) is 12.8 Å². The van der Waals surface area contributed by atoms with Gasteiger partial charge in [-0.15, -0.1) is 12.4 Å². The van der Waals surface area contributed by atoms with Gasteiger partial charge in [0, 0.05) is 11.0 Å². The molecule has 1 atom stereocenters. The Kier molecular flexibility index (Phi) is 7.34. The van der Waals surface area contributed by atoms with Gasteiger partial charge in [0.1, 0.15) is 5.75 Å². The highest BCUT2D eigenvalue weighted by Gasteiger charge is 2.16. The van der Waals surface area contributed by atoms with Crippen LogP contribution in [-0.4, -0.2) is 32.7 Å². The zero-order valence-electron chi connectivity index (χ0n) is 11.4. The van der Waals surface area contributed by atoms with E-state index in [1.807, 2.05) is 6.07 Å². The summed E-state index contributed by atoms with van der Waals surface area (Å²) in [5.41, 5.74) is 0.578. The lowest BCUT2D eigenvalue weighted by Gasteiger charge is -2.23. The van der Waals surface area contributed by atoms with E-state index in [0.29, 0.717) is 23.8 Å². The maximum Gasteiger partial charge on any atom is 0.255 e. The van der Waals surface area contributed by atoms with Gasteiger partial charge in [-0.2, -0.15) is 0 Å². The zero-order chi connectivity index (χ0) is 13.7. The Hall–Kier alpha value is -0.780. The molecule has 4 nitrogen and oxygen atoms in total. The maximum atomic E-state index is 12.2. The number of piperidine rings is 1. The highest BCUT2D eigenvalue weighted by molar-refractivity contribution is 9.10. The minimum absolute atomic E-state index is 0. The molecule has 0 saturated carbocycles. The second-order valence-corrected chi connectivity index (χ2v) is 5.68. The number of amides is 1. The van der Waals surface area contributed by atoms with Gasteiger partial charge in [0.05, 0.1) is 12.7 Å². The molecular weight excluding hydrogens is 344 g/mol. The van der Waals surface area contributed by atoms with Crippen LogP contribution in [0, 0.1) is 5.92 Å². The third-order valence-electron chi connectivity index (χ3n) is 3.36. The van der Waals surface area contributed by atoms with Crippen molar-refractivity contribution in [3.05, 3.63) is 28.2 Å². The van der Waals surface area contributed by atoms with Crippen LogP contribution in [0.25, 0.3) is 0 Å². The standard InChI is InChI=1S/C14H19BrN2O2.ClH/c1-19-13-7-11(15)4-5-12(13)14(18)17-9-10-3-2-6-16-8-10;/h4-5,7,10,16H,2-3,6,8-9H2,1H3,(H,17,18);1H. The highest BCUT2D eigenvalue weighted by Crippen LogP contribution is 2.23. The lowest BCUT2D eigenvalue weighted by Crippen LogP contribution is -2.38. The molecule has 0 radical (unpaired) electrons. The number of carbonyl (C=O) groups is 1. The van der Waals surface area contributed by atoms with Crippen LogP contribution >= 0.6 is 28.3 Å². The predicted octanol–water partition coefficient (Wildman–Crippen LogP) is 2.61. The van der Waals surface area contributed by atoms with Crippen molar-refractivity contribution in [3.8, 4) is 5.75 Å². The van der Waals surface area contributed by atoms with E-state index in [4.69, 9.17) is 4.74 Å². The fraction of sp³-hybridized carbons (Fsp3) is 0.500. The molecule has 1 aliphatic heterocycles. The normalized spacial score (nSPS) is 18.0. The molecule has 6 heteroatoms. The van der Waals surface area contributed by atoms with Crippen LogP contribution < -0.4 is 15.4 Å². The van der Waals surface area contributed by atoms with E-state index >= 15 is 0 Å². The summed E-state index contributed by atoms with van der Waals surface area (Å²) < 4.78 is 6.14. The summed E-state index contributed by atoms with van der Waals surface area (Å²) >= 11 is 3.37. The van der Waals surface area contributed by atoms with E-state index in [9.17, 15) is 4.79 Å². The van der Waals surface area contributed by atoms with Crippen molar-refractivity contribution in [2.75, 3.05) is 26.7 Å². The molecule has 0 bridgehead atoms. The zero-order valence-corrected chi connectivity index (χ0v) is 13.9. The molecule has 1 fully saturated rings. The van der Waals surface area contributed by atoms with Crippen LogP contribution in [0.5, 0.6) is 5.75 Å². The van der Waals surface area contributed by atoms with Gasteiger partial charge in [0.25, 0.3) is 5.91 Å². The van der Waals surface area contributed by atoms with Crippen molar-refractivity contribution in [1.29, 1.82) is 0 Å². The van der Waals surface area contributed by atoms with Crippen LogP contribution in [0.4, 0.5) is 0 Å². The molecule has 1 aromatic carbocycles. The molecule has 0 spiro atoms. The van der Waals surface area contributed by atoms with Gasteiger partial charge in [0.2, 0.25) is 0 Å². The first-order chi connectivity index (χ1) is 9.20. The summed E-state index contributed by atoms with van der Waals surface area (Å²) in [5, 5.41) is 6.33. The molecule has 20 heavy (non-hydrogen) atoms. The average Bonchev–Trinajstić information content (AvgIpc) is 2.45. The molecule has 0 aliphatic carbocycles. The predicted molar refractivity (Wildman–Crippen MR) is 85.9 cm³/mol. The molecule has 1 heterocycles. The van der Waals surface area contributed by atoms with Crippen LogP contribution in [0.3, 0.4) is 0 Å². The summed E-state index contributed by atoms with van der Waals surface area (Å²) in [7, 11) is 1.57. The fourth-order valence-electron chi connectivity index (χ4n) is 2.28. The summed E-state index contributed by atoms with van der Waals surface area (Å²) in [6.45, 7) is 2.79. The Morgan fingerprint density at radius 3 is 3.00 bits per heavy atom. The number of hydrogen-bond acceptors (Lipinski definition) is 3. The number of rotatable bonds is 4. The molecule has 2 rings (SSSR count). The SMILES string of the molecule is COc1cc(Br)ccc1C(=O)NCC1CCCNC1.Cl. The molecular formula is C14H20BrClN2O2. The maximum absolute atomic E-state index is 12.2. The lowest BCUT2D eigenvalue weighted by atomic mass is 9.99. The molecule has 1 aromatic rings. The van der Waals surface area contributed by atoms with Crippen LogP contribution in [0.15, 0.2) is 22.7 Å². The number of halogens is 2. The Balaban J connectivity index is 0.00000200. The number of benzene rings is 1. The molecule has 1 aliphatic rings. The van der Waals surface area contributed by atoms with E-state index in [0.717, 1.165) is 17.6 Å². The van der Waals surface area contributed by atoms with E-state index in [-0.39, 0.29) is 18.3 Å². The number of hydrogen-bond donors (Lipinski definition) is 2. The van der Waals surface area contributed by atoms with Crippen molar-refractivity contribution in [2.24, 2.45) is 5.92 Å². The van der Waals surface area contributed by atoms with Gasteiger partial charge in [-0.3, -0.25) is 4.79 Å². The molecule has 2 N–H and O–H groups in total. The van der Waals surface area contributed by atoms with E-state index in [2.05, 4.69) is 26.6 Å². The second kappa shape index (κ2) is 8.49. The second-order valence-electron chi connectivity index (χ2n) is 4.77. The van der Waals surface area contributed by atoms with E-state index < -0.39 is 0 Å². The van der Waals surface area contributed by atoms with Crippen molar-refractivity contribution < 1.29 is 9.53 Å². The molecule has 112 valence electrons. The van der Waals surface area contributed by atoms with Gasteiger partial charge >= 0.3 is 0 Å². The Morgan fingerprint density at radius 1 is 1.55 bits per heavy atom. The Bertz CT molecular complexity index is 451. The average molecular weight is 364 g/mol. The van der Waals surface area contributed by atoms with Gasteiger partial charge < -0.3 is 15.4 Å². The largest absolute Gasteiger partial charge is 0.496 e. The van der Waals surface area contributed by atoms with E-state index in [1.54, 1.807) is 19.2 Å². The molecule has 1 saturated heterocycles. The molecule has 1 amide bonds. The Labute approximate surface area is 134 Å². The monoisotopic (exact) mass is 362 g/mol. The minimum Gasteiger partial charge on any atom is -0.496 e. The minimum atomic E-state index is -0.0741. The van der Waals surface area contributed by atoms with Gasteiger partial charge in [0.15, 0.2) is 0 Å². The van der Waals surface area contributed by atoms with Gasteiger partial charge in [-0.25, -0.2) is 0 Å². The molecule has 0 aromatic heterocycles. The smallest absolute Gasteiger partial charge is 0.255 e. The number of ether oxygens (including phenoxy) is 1. The lowest BCUT2D eigenvalue weighted by molar-refractivity contribution is 0.0942. The van der Waals surface area contributed by atoms with Crippen molar-refractivity contribution >= 4 is 34.2 Å². The van der Waals surface area contributed by atoms with Gasteiger partial charge in [-0.1, -0.05) is 15.9 Å². The number of methoxy groups -OCH3 is 1.